The first-order valence-corrected chi connectivity index (χ1v) is 10.6. The fraction of sp³-hybridized carbons (Fsp3) is 0.304. The highest BCUT2D eigenvalue weighted by Gasteiger charge is 2.27. The molecule has 0 atom stereocenters. The van der Waals surface area contributed by atoms with Crippen LogP contribution in [0.15, 0.2) is 52.3 Å². The van der Waals surface area contributed by atoms with Crippen molar-refractivity contribution in [2.24, 2.45) is 0 Å². The lowest BCUT2D eigenvalue weighted by atomic mass is 10.1. The molecule has 0 saturated carbocycles. The highest BCUT2D eigenvalue weighted by molar-refractivity contribution is 8.04. The SMILES string of the molecule is CCOCCCNC(=O)c1ccc2c(c1)N(C)C(=O)C(=Cc1ccccc1C)S2. The van der Waals surface area contributed by atoms with Gasteiger partial charge in [0.25, 0.3) is 11.8 Å². The van der Waals surface area contributed by atoms with Crippen molar-refractivity contribution in [3.8, 4) is 0 Å². The van der Waals surface area contributed by atoms with E-state index in [1.165, 1.54) is 11.8 Å². The fourth-order valence-corrected chi connectivity index (χ4v) is 4.13. The average molecular weight is 411 g/mol. The van der Waals surface area contributed by atoms with Gasteiger partial charge in [-0.2, -0.15) is 0 Å². The van der Waals surface area contributed by atoms with E-state index >= 15 is 0 Å². The molecule has 1 N–H and O–H groups in total. The smallest absolute Gasteiger partial charge is 0.264 e. The molecule has 3 rings (SSSR count). The molecule has 1 heterocycles. The number of rotatable bonds is 7. The lowest BCUT2D eigenvalue weighted by molar-refractivity contribution is -0.114. The largest absolute Gasteiger partial charge is 0.382 e. The third-order valence-corrected chi connectivity index (χ3v) is 5.83. The van der Waals surface area contributed by atoms with E-state index in [1.807, 2.05) is 50.3 Å². The van der Waals surface area contributed by atoms with Crippen molar-refractivity contribution in [2.45, 2.75) is 25.2 Å². The van der Waals surface area contributed by atoms with Gasteiger partial charge in [0, 0.05) is 37.3 Å². The number of nitrogens with one attached hydrogen (secondary N) is 1. The Labute approximate surface area is 176 Å². The lowest BCUT2D eigenvalue weighted by Gasteiger charge is -2.27. The summed E-state index contributed by atoms with van der Waals surface area (Å²) in [5.74, 6) is -0.212. The van der Waals surface area contributed by atoms with Gasteiger partial charge in [-0.25, -0.2) is 0 Å². The molecule has 29 heavy (non-hydrogen) atoms. The Morgan fingerprint density at radius 2 is 2.03 bits per heavy atom. The molecule has 0 aromatic heterocycles. The summed E-state index contributed by atoms with van der Waals surface area (Å²) in [4.78, 5) is 28.5. The zero-order valence-corrected chi connectivity index (χ0v) is 17.8. The molecule has 0 bridgehead atoms. The van der Waals surface area contributed by atoms with E-state index in [-0.39, 0.29) is 11.8 Å². The number of hydrogen-bond donors (Lipinski definition) is 1. The number of nitrogens with zero attached hydrogens (tertiary/aromatic N) is 1. The van der Waals surface area contributed by atoms with Crippen molar-refractivity contribution in [1.82, 2.24) is 5.32 Å². The quantitative estimate of drug-likeness (QED) is 0.547. The van der Waals surface area contributed by atoms with Crippen LogP contribution >= 0.6 is 11.8 Å². The number of fused-ring (bicyclic) bond motifs is 1. The van der Waals surface area contributed by atoms with Crippen LogP contribution in [0.3, 0.4) is 0 Å². The number of amides is 2. The number of hydrogen-bond acceptors (Lipinski definition) is 4. The predicted octanol–water partition coefficient (Wildman–Crippen LogP) is 4.26. The fourth-order valence-electron chi connectivity index (χ4n) is 3.05. The molecule has 0 fully saturated rings. The zero-order valence-electron chi connectivity index (χ0n) is 17.0. The highest BCUT2D eigenvalue weighted by Crippen LogP contribution is 2.42. The van der Waals surface area contributed by atoms with Gasteiger partial charge in [-0.3, -0.25) is 9.59 Å². The molecule has 2 aromatic carbocycles. The molecule has 0 aliphatic carbocycles. The van der Waals surface area contributed by atoms with Crippen LogP contribution in [0.25, 0.3) is 6.08 Å². The molecule has 1 aliphatic rings. The molecule has 0 saturated heterocycles. The summed E-state index contributed by atoms with van der Waals surface area (Å²) in [6.45, 7) is 5.84. The molecule has 0 spiro atoms. The summed E-state index contributed by atoms with van der Waals surface area (Å²) in [7, 11) is 1.75. The van der Waals surface area contributed by atoms with Gasteiger partial charge in [-0.1, -0.05) is 36.0 Å². The Balaban J connectivity index is 1.76. The van der Waals surface area contributed by atoms with Crippen LogP contribution in [-0.4, -0.2) is 38.6 Å². The summed E-state index contributed by atoms with van der Waals surface area (Å²) in [6.07, 6.45) is 2.70. The molecule has 2 amide bonds. The van der Waals surface area contributed by atoms with Gasteiger partial charge in [0.05, 0.1) is 10.6 Å². The van der Waals surface area contributed by atoms with Crippen LogP contribution in [0, 0.1) is 6.92 Å². The first kappa shape index (κ1) is 21.1. The number of likely N-dealkylation sites (N-methyl/N-ethyl adjacent to an activating group) is 1. The Bertz CT molecular complexity index is 939. The van der Waals surface area contributed by atoms with E-state index in [0.717, 1.165) is 28.1 Å². The van der Waals surface area contributed by atoms with E-state index in [1.54, 1.807) is 24.1 Å². The zero-order chi connectivity index (χ0) is 20.8. The summed E-state index contributed by atoms with van der Waals surface area (Å²) < 4.78 is 5.28. The topological polar surface area (TPSA) is 58.6 Å². The minimum atomic E-state index is -0.142. The van der Waals surface area contributed by atoms with E-state index in [0.29, 0.717) is 30.2 Å². The molecule has 152 valence electrons. The van der Waals surface area contributed by atoms with Gasteiger partial charge < -0.3 is 15.0 Å². The minimum Gasteiger partial charge on any atom is -0.382 e. The molecule has 1 aliphatic heterocycles. The van der Waals surface area contributed by atoms with Crippen molar-refractivity contribution in [2.75, 3.05) is 31.7 Å². The monoisotopic (exact) mass is 410 g/mol. The second-order valence-corrected chi connectivity index (χ2v) is 7.90. The molecule has 0 unspecified atom stereocenters. The third kappa shape index (κ3) is 5.08. The third-order valence-electron chi connectivity index (χ3n) is 4.75. The maximum absolute atomic E-state index is 12.9. The van der Waals surface area contributed by atoms with Crippen molar-refractivity contribution < 1.29 is 14.3 Å². The van der Waals surface area contributed by atoms with E-state index < -0.39 is 0 Å². The summed E-state index contributed by atoms with van der Waals surface area (Å²) in [5, 5.41) is 2.90. The van der Waals surface area contributed by atoms with Crippen LogP contribution < -0.4 is 10.2 Å². The first-order chi connectivity index (χ1) is 14.0. The highest BCUT2D eigenvalue weighted by atomic mass is 32.2. The van der Waals surface area contributed by atoms with Crippen molar-refractivity contribution in [3.05, 3.63) is 64.1 Å². The van der Waals surface area contributed by atoms with E-state index in [2.05, 4.69) is 5.32 Å². The van der Waals surface area contributed by atoms with E-state index in [4.69, 9.17) is 4.74 Å². The van der Waals surface area contributed by atoms with Crippen molar-refractivity contribution in [1.29, 1.82) is 0 Å². The normalized spacial score (nSPS) is 14.8. The van der Waals surface area contributed by atoms with Crippen LogP contribution in [0.4, 0.5) is 5.69 Å². The van der Waals surface area contributed by atoms with Crippen LogP contribution in [-0.2, 0) is 9.53 Å². The Morgan fingerprint density at radius 1 is 1.24 bits per heavy atom. The summed E-state index contributed by atoms with van der Waals surface area (Å²) in [6, 6.07) is 13.5. The first-order valence-electron chi connectivity index (χ1n) is 9.74. The van der Waals surface area contributed by atoms with Gasteiger partial charge in [-0.05, 0) is 55.7 Å². The van der Waals surface area contributed by atoms with Gasteiger partial charge >= 0.3 is 0 Å². The lowest BCUT2D eigenvalue weighted by Crippen LogP contribution is -2.31. The molecule has 0 radical (unpaired) electrons. The van der Waals surface area contributed by atoms with Gasteiger partial charge in [-0.15, -0.1) is 0 Å². The number of carbonyl (C=O) groups is 2. The Hall–Kier alpha value is -2.57. The number of thioether (sulfide) groups is 1. The molecule has 5 nitrogen and oxygen atoms in total. The van der Waals surface area contributed by atoms with E-state index in [9.17, 15) is 9.59 Å². The number of benzene rings is 2. The maximum atomic E-state index is 12.9. The molecular weight excluding hydrogens is 384 g/mol. The number of anilines is 1. The molecule has 6 heteroatoms. The summed E-state index contributed by atoms with van der Waals surface area (Å²) in [5.41, 5.74) is 3.46. The van der Waals surface area contributed by atoms with Gasteiger partial charge in [0.15, 0.2) is 0 Å². The average Bonchev–Trinajstić information content (AvgIpc) is 2.73. The van der Waals surface area contributed by atoms with Gasteiger partial charge in [0.2, 0.25) is 0 Å². The van der Waals surface area contributed by atoms with Gasteiger partial charge in [0.1, 0.15) is 0 Å². The second kappa shape index (κ2) is 9.76. The molecular formula is C23H26N2O3S. The van der Waals surface area contributed by atoms with Crippen LogP contribution in [0.2, 0.25) is 0 Å². The summed E-state index contributed by atoms with van der Waals surface area (Å²) >= 11 is 1.44. The van der Waals surface area contributed by atoms with Crippen LogP contribution in [0.5, 0.6) is 0 Å². The second-order valence-electron chi connectivity index (χ2n) is 6.82. The van der Waals surface area contributed by atoms with Crippen molar-refractivity contribution in [3.63, 3.8) is 0 Å². The van der Waals surface area contributed by atoms with Crippen LogP contribution in [0.1, 0.15) is 34.8 Å². The minimum absolute atomic E-state index is 0.0694. The maximum Gasteiger partial charge on any atom is 0.264 e. The van der Waals surface area contributed by atoms with Crippen molar-refractivity contribution >= 4 is 35.3 Å². The Kier molecular flexibility index (Phi) is 7.12. The number of carbonyl (C=O) groups excluding carboxylic acids is 2. The Morgan fingerprint density at radius 3 is 2.79 bits per heavy atom. The number of ether oxygens (including phenoxy) is 1. The standard InChI is InChI=1S/C23H26N2O3S/c1-4-28-13-7-12-24-22(26)18-10-11-20-19(14-18)25(3)23(27)21(29-20)15-17-9-6-5-8-16(17)2/h5-6,8-11,14-15H,4,7,12-13H2,1-3H3,(H,24,26). The number of aryl methyl sites for hydroxylation is 1. The molecule has 2 aromatic rings. The predicted molar refractivity (Wildman–Crippen MR) is 118 cm³/mol.